The van der Waals surface area contributed by atoms with Crippen LogP contribution in [-0.4, -0.2) is 31.2 Å². The number of fused-ring (bicyclic) bond motifs is 1. The van der Waals surface area contributed by atoms with Crippen LogP contribution in [0.4, 0.5) is 0 Å². The minimum atomic E-state index is -1.57. The summed E-state index contributed by atoms with van der Waals surface area (Å²) in [6.45, 7) is 2.46. The van der Waals surface area contributed by atoms with Gasteiger partial charge < -0.3 is 19.4 Å². The number of aromatic nitrogens is 4. The van der Waals surface area contributed by atoms with Gasteiger partial charge in [0, 0.05) is 35.8 Å². The molecule has 0 spiro atoms. The Hall–Kier alpha value is -3.94. The van der Waals surface area contributed by atoms with Crippen LogP contribution in [0.2, 0.25) is 5.15 Å². The maximum absolute atomic E-state index is 12.5. The van der Waals surface area contributed by atoms with Gasteiger partial charge in [0.2, 0.25) is 5.56 Å². The van der Waals surface area contributed by atoms with Crippen LogP contribution in [0.5, 0.6) is 5.75 Å². The minimum absolute atomic E-state index is 0.217. The van der Waals surface area contributed by atoms with Crippen molar-refractivity contribution in [3.05, 3.63) is 112 Å². The van der Waals surface area contributed by atoms with Crippen LogP contribution in [0.15, 0.2) is 84.2 Å². The lowest BCUT2D eigenvalue weighted by Crippen LogP contribution is -2.31. The van der Waals surface area contributed by atoms with Crippen molar-refractivity contribution in [1.82, 2.24) is 19.5 Å². The molecule has 176 valence electrons. The lowest BCUT2D eigenvalue weighted by atomic mass is 9.83. The Labute approximate surface area is 206 Å². The number of imidazole rings is 1. The predicted molar refractivity (Wildman–Crippen MR) is 136 cm³/mol. The summed E-state index contributed by atoms with van der Waals surface area (Å²) in [7, 11) is 1.82. The standard InChI is InChI=1S/C27H23ClN4O3/c1-3-35-20-6-4-5-17(11-20)21-13-26(33)31-23-9-7-18(12-22(21)23)27(34,24-15-29-16-32(24)2)19-8-10-25(28)30-14-19/h4-16,34H,3H2,1-2H3,(H,31,33). The molecular formula is C27H23ClN4O3. The van der Waals surface area contributed by atoms with Crippen molar-refractivity contribution < 1.29 is 9.84 Å². The van der Waals surface area contributed by atoms with Crippen molar-refractivity contribution in [2.45, 2.75) is 12.5 Å². The fraction of sp³-hybridized carbons (Fsp3) is 0.148. The van der Waals surface area contributed by atoms with Crippen molar-refractivity contribution in [3.8, 4) is 16.9 Å². The molecule has 0 aliphatic heterocycles. The summed E-state index contributed by atoms with van der Waals surface area (Å²) < 4.78 is 7.43. The molecule has 0 aliphatic rings. The number of nitrogens with zero attached hydrogens (tertiary/aromatic N) is 3. The lowest BCUT2D eigenvalue weighted by Gasteiger charge is -2.30. The third kappa shape index (κ3) is 4.09. The van der Waals surface area contributed by atoms with E-state index < -0.39 is 5.60 Å². The number of hydrogen-bond donors (Lipinski definition) is 2. The monoisotopic (exact) mass is 486 g/mol. The van der Waals surface area contributed by atoms with Crippen LogP contribution in [0.3, 0.4) is 0 Å². The van der Waals surface area contributed by atoms with Gasteiger partial charge in [-0.2, -0.15) is 0 Å². The Bertz CT molecular complexity index is 1580. The van der Waals surface area contributed by atoms with E-state index in [1.807, 2.05) is 44.3 Å². The van der Waals surface area contributed by atoms with E-state index in [1.165, 1.54) is 0 Å². The van der Waals surface area contributed by atoms with Crippen LogP contribution >= 0.6 is 11.6 Å². The number of benzene rings is 2. The van der Waals surface area contributed by atoms with Gasteiger partial charge >= 0.3 is 0 Å². The molecule has 2 N–H and O–H groups in total. The fourth-order valence-corrected chi connectivity index (χ4v) is 4.51. The fourth-order valence-electron chi connectivity index (χ4n) is 4.40. The van der Waals surface area contributed by atoms with Crippen molar-refractivity contribution in [2.24, 2.45) is 7.05 Å². The molecule has 0 saturated heterocycles. The number of aryl methyl sites for hydroxylation is 1. The van der Waals surface area contributed by atoms with Gasteiger partial charge in [-0.15, -0.1) is 0 Å². The van der Waals surface area contributed by atoms with Gasteiger partial charge in [0.05, 0.1) is 24.8 Å². The van der Waals surface area contributed by atoms with Crippen LogP contribution in [0, 0.1) is 0 Å². The highest BCUT2D eigenvalue weighted by Gasteiger charge is 2.37. The number of nitrogens with one attached hydrogen (secondary N) is 1. The number of hydrogen-bond acceptors (Lipinski definition) is 5. The van der Waals surface area contributed by atoms with Gasteiger partial charge in [-0.05, 0) is 53.9 Å². The number of pyridine rings is 2. The average Bonchev–Trinajstić information content (AvgIpc) is 3.30. The SMILES string of the molecule is CCOc1cccc(-c2cc(=O)[nH]c3ccc(C(O)(c4ccc(Cl)nc4)c4cncn4C)cc23)c1. The molecule has 1 atom stereocenters. The van der Waals surface area contributed by atoms with Gasteiger partial charge in [-0.3, -0.25) is 4.79 Å². The first-order chi connectivity index (χ1) is 16.9. The molecule has 2 aromatic carbocycles. The number of halogens is 1. The van der Waals surface area contributed by atoms with Gasteiger partial charge in [-0.1, -0.05) is 35.9 Å². The third-order valence-corrected chi connectivity index (χ3v) is 6.27. The van der Waals surface area contributed by atoms with Crippen molar-refractivity contribution in [1.29, 1.82) is 0 Å². The van der Waals surface area contributed by atoms with Crippen LogP contribution < -0.4 is 10.3 Å². The summed E-state index contributed by atoms with van der Waals surface area (Å²) in [4.78, 5) is 23.8. The first-order valence-corrected chi connectivity index (χ1v) is 11.5. The summed E-state index contributed by atoms with van der Waals surface area (Å²) >= 11 is 6.03. The molecule has 5 rings (SSSR count). The Morgan fingerprint density at radius 3 is 2.63 bits per heavy atom. The van der Waals surface area contributed by atoms with E-state index in [4.69, 9.17) is 16.3 Å². The largest absolute Gasteiger partial charge is 0.494 e. The molecule has 0 aliphatic carbocycles. The molecule has 0 saturated carbocycles. The van der Waals surface area contributed by atoms with Gasteiger partial charge in [0.25, 0.3) is 0 Å². The first-order valence-electron chi connectivity index (χ1n) is 11.1. The zero-order valence-electron chi connectivity index (χ0n) is 19.2. The summed E-state index contributed by atoms with van der Waals surface area (Å²) in [5, 5.41) is 13.3. The van der Waals surface area contributed by atoms with Crippen LogP contribution in [0.1, 0.15) is 23.7 Å². The van der Waals surface area contributed by atoms with Crippen molar-refractivity contribution in [3.63, 3.8) is 0 Å². The summed E-state index contributed by atoms with van der Waals surface area (Å²) in [6, 6.07) is 18.0. The quantitative estimate of drug-likeness (QED) is 0.340. The second kappa shape index (κ2) is 9.02. The highest BCUT2D eigenvalue weighted by Crippen LogP contribution is 2.39. The number of ether oxygens (including phenoxy) is 1. The number of aliphatic hydroxyl groups is 1. The Kier molecular flexibility index (Phi) is 5.88. The van der Waals surface area contributed by atoms with E-state index in [0.29, 0.717) is 39.8 Å². The Morgan fingerprint density at radius 1 is 1.09 bits per heavy atom. The molecule has 7 nitrogen and oxygen atoms in total. The second-order valence-corrected chi connectivity index (χ2v) is 8.63. The Balaban J connectivity index is 1.77. The summed E-state index contributed by atoms with van der Waals surface area (Å²) in [5.41, 5.74) is 2.12. The smallest absolute Gasteiger partial charge is 0.249 e. The molecule has 3 aromatic heterocycles. The maximum atomic E-state index is 12.5. The zero-order chi connectivity index (χ0) is 24.6. The van der Waals surface area contributed by atoms with E-state index in [1.54, 1.807) is 53.6 Å². The summed E-state index contributed by atoms with van der Waals surface area (Å²) in [5.74, 6) is 0.716. The molecule has 5 aromatic rings. The third-order valence-electron chi connectivity index (χ3n) is 6.05. The van der Waals surface area contributed by atoms with Gasteiger partial charge in [0.15, 0.2) is 5.60 Å². The number of rotatable bonds is 6. The lowest BCUT2D eigenvalue weighted by molar-refractivity contribution is 0.117. The normalized spacial score (nSPS) is 13.0. The van der Waals surface area contributed by atoms with Gasteiger partial charge in [0.1, 0.15) is 10.9 Å². The molecule has 0 bridgehead atoms. The number of aromatic amines is 1. The van der Waals surface area contributed by atoms with Crippen LogP contribution in [-0.2, 0) is 12.6 Å². The van der Waals surface area contributed by atoms with E-state index in [0.717, 1.165) is 16.5 Å². The van der Waals surface area contributed by atoms with E-state index >= 15 is 0 Å². The van der Waals surface area contributed by atoms with Crippen molar-refractivity contribution in [2.75, 3.05) is 6.61 Å². The molecule has 0 radical (unpaired) electrons. The topological polar surface area (TPSA) is 93.0 Å². The second-order valence-electron chi connectivity index (χ2n) is 8.24. The minimum Gasteiger partial charge on any atom is -0.494 e. The molecule has 3 heterocycles. The van der Waals surface area contributed by atoms with Crippen molar-refractivity contribution >= 4 is 22.5 Å². The molecule has 0 amide bonds. The highest BCUT2D eigenvalue weighted by atomic mass is 35.5. The van der Waals surface area contributed by atoms with E-state index in [2.05, 4.69) is 15.0 Å². The molecule has 0 fully saturated rings. The first kappa shape index (κ1) is 22.8. The van der Waals surface area contributed by atoms with Gasteiger partial charge in [-0.25, -0.2) is 9.97 Å². The maximum Gasteiger partial charge on any atom is 0.249 e. The van der Waals surface area contributed by atoms with E-state index in [9.17, 15) is 9.90 Å². The molecule has 35 heavy (non-hydrogen) atoms. The highest BCUT2D eigenvalue weighted by molar-refractivity contribution is 6.29. The predicted octanol–water partition coefficient (Wildman–Crippen LogP) is 4.66. The Morgan fingerprint density at radius 2 is 1.91 bits per heavy atom. The van der Waals surface area contributed by atoms with Crippen LogP contribution in [0.25, 0.3) is 22.0 Å². The zero-order valence-corrected chi connectivity index (χ0v) is 20.0. The summed E-state index contributed by atoms with van der Waals surface area (Å²) in [6.07, 6.45) is 4.81. The molecular weight excluding hydrogens is 464 g/mol. The van der Waals surface area contributed by atoms with E-state index in [-0.39, 0.29) is 5.56 Å². The molecule has 1 unspecified atom stereocenters. The molecule has 8 heteroatoms. The number of H-pyrrole nitrogens is 1. The average molecular weight is 487 g/mol.